The predicted molar refractivity (Wildman–Crippen MR) is 55.9 cm³/mol. The van der Waals surface area contributed by atoms with E-state index in [1.807, 2.05) is 6.92 Å². The fraction of sp³-hybridized carbons (Fsp3) is 0.600. The van der Waals surface area contributed by atoms with Gasteiger partial charge < -0.3 is 10.0 Å². The van der Waals surface area contributed by atoms with Gasteiger partial charge in [-0.05, 0) is 19.8 Å². The molecule has 2 rings (SSSR count). The Morgan fingerprint density at radius 2 is 2.60 bits per heavy atom. The molecule has 1 unspecified atom stereocenters. The van der Waals surface area contributed by atoms with Crippen molar-refractivity contribution in [3.8, 4) is 0 Å². The zero-order valence-electron chi connectivity index (χ0n) is 8.73. The molecule has 1 fully saturated rings. The van der Waals surface area contributed by atoms with Crippen molar-refractivity contribution >= 4 is 11.7 Å². The summed E-state index contributed by atoms with van der Waals surface area (Å²) in [7, 11) is 0. The molecule has 0 radical (unpaired) electrons. The first-order valence-corrected chi connectivity index (χ1v) is 5.17. The van der Waals surface area contributed by atoms with Crippen LogP contribution in [0.25, 0.3) is 0 Å². The van der Waals surface area contributed by atoms with E-state index in [1.165, 1.54) is 0 Å². The van der Waals surface area contributed by atoms with Crippen LogP contribution in [0.4, 0.5) is 5.69 Å². The summed E-state index contributed by atoms with van der Waals surface area (Å²) in [4.78, 5) is 12.9. The SMILES string of the molecule is Cc1[nH]ncc1N1CCCC1CC(=O)O. The van der Waals surface area contributed by atoms with Gasteiger partial charge in [-0.25, -0.2) is 0 Å². The van der Waals surface area contributed by atoms with Gasteiger partial charge in [0.2, 0.25) is 0 Å². The molecule has 0 aliphatic carbocycles. The largest absolute Gasteiger partial charge is 0.481 e. The van der Waals surface area contributed by atoms with Crippen LogP contribution in [0, 0.1) is 6.92 Å². The van der Waals surface area contributed by atoms with Crippen LogP contribution in [0.5, 0.6) is 0 Å². The van der Waals surface area contributed by atoms with Crippen LogP contribution in [-0.4, -0.2) is 33.9 Å². The monoisotopic (exact) mass is 209 g/mol. The molecule has 15 heavy (non-hydrogen) atoms. The normalized spacial score (nSPS) is 20.9. The second-order valence-electron chi connectivity index (χ2n) is 3.97. The van der Waals surface area contributed by atoms with Gasteiger partial charge in [0, 0.05) is 12.6 Å². The number of anilines is 1. The van der Waals surface area contributed by atoms with Crippen molar-refractivity contribution in [3.05, 3.63) is 11.9 Å². The lowest BCUT2D eigenvalue weighted by Gasteiger charge is -2.24. The molecule has 1 aromatic heterocycles. The van der Waals surface area contributed by atoms with Gasteiger partial charge >= 0.3 is 5.97 Å². The van der Waals surface area contributed by atoms with E-state index in [0.29, 0.717) is 0 Å². The average Bonchev–Trinajstić information content (AvgIpc) is 2.73. The summed E-state index contributed by atoms with van der Waals surface area (Å²) in [6.07, 6.45) is 4.00. The Balaban J connectivity index is 2.14. The summed E-state index contributed by atoms with van der Waals surface area (Å²) in [6, 6.07) is 0.124. The highest BCUT2D eigenvalue weighted by Crippen LogP contribution is 2.28. The van der Waals surface area contributed by atoms with Crippen LogP contribution in [0.1, 0.15) is 25.0 Å². The number of H-pyrrole nitrogens is 1. The van der Waals surface area contributed by atoms with Gasteiger partial charge in [0.15, 0.2) is 0 Å². The number of rotatable bonds is 3. The van der Waals surface area contributed by atoms with Gasteiger partial charge in [0.1, 0.15) is 0 Å². The van der Waals surface area contributed by atoms with Crippen molar-refractivity contribution < 1.29 is 9.90 Å². The minimum Gasteiger partial charge on any atom is -0.481 e. The van der Waals surface area contributed by atoms with Gasteiger partial charge in [-0.3, -0.25) is 9.89 Å². The van der Waals surface area contributed by atoms with E-state index in [-0.39, 0.29) is 12.5 Å². The Morgan fingerprint density at radius 1 is 1.80 bits per heavy atom. The van der Waals surface area contributed by atoms with E-state index < -0.39 is 5.97 Å². The fourth-order valence-corrected chi connectivity index (χ4v) is 2.20. The van der Waals surface area contributed by atoms with Crippen molar-refractivity contribution in [1.29, 1.82) is 0 Å². The number of aromatic amines is 1. The van der Waals surface area contributed by atoms with E-state index in [2.05, 4.69) is 15.1 Å². The van der Waals surface area contributed by atoms with Crippen molar-refractivity contribution in [1.82, 2.24) is 10.2 Å². The highest BCUT2D eigenvalue weighted by Gasteiger charge is 2.28. The molecule has 0 spiro atoms. The maximum atomic E-state index is 10.7. The third-order valence-corrected chi connectivity index (χ3v) is 2.90. The fourth-order valence-electron chi connectivity index (χ4n) is 2.20. The molecule has 1 atom stereocenters. The lowest BCUT2D eigenvalue weighted by Crippen LogP contribution is -2.31. The molecule has 0 amide bonds. The molecule has 5 nitrogen and oxygen atoms in total. The van der Waals surface area contributed by atoms with Gasteiger partial charge in [0.25, 0.3) is 0 Å². The molecule has 0 aromatic carbocycles. The van der Waals surface area contributed by atoms with E-state index in [4.69, 9.17) is 5.11 Å². The number of aliphatic carboxylic acids is 1. The van der Waals surface area contributed by atoms with E-state index in [1.54, 1.807) is 6.20 Å². The van der Waals surface area contributed by atoms with Crippen molar-refractivity contribution in [2.24, 2.45) is 0 Å². The minimum atomic E-state index is -0.729. The highest BCUT2D eigenvalue weighted by molar-refractivity contribution is 5.69. The number of hydrogen-bond acceptors (Lipinski definition) is 3. The quantitative estimate of drug-likeness (QED) is 0.783. The smallest absolute Gasteiger partial charge is 0.305 e. The number of carboxylic acids is 1. The maximum Gasteiger partial charge on any atom is 0.305 e. The Kier molecular flexibility index (Phi) is 2.62. The molecule has 1 aromatic rings. The van der Waals surface area contributed by atoms with Gasteiger partial charge in [-0.15, -0.1) is 0 Å². The number of aryl methyl sites for hydroxylation is 1. The lowest BCUT2D eigenvalue weighted by atomic mass is 10.1. The van der Waals surface area contributed by atoms with Crippen LogP contribution in [0.15, 0.2) is 6.20 Å². The molecule has 2 N–H and O–H groups in total. The Bertz CT molecular complexity index is 361. The number of aromatic nitrogens is 2. The van der Waals surface area contributed by atoms with Gasteiger partial charge in [0.05, 0.1) is 24.0 Å². The second kappa shape index (κ2) is 3.92. The zero-order chi connectivity index (χ0) is 10.8. The molecule has 82 valence electrons. The summed E-state index contributed by atoms with van der Waals surface area (Å²) in [5, 5.41) is 15.7. The predicted octanol–water partition coefficient (Wildman–Crippen LogP) is 1.16. The maximum absolute atomic E-state index is 10.7. The first-order chi connectivity index (χ1) is 7.18. The summed E-state index contributed by atoms with van der Waals surface area (Å²) < 4.78 is 0. The molecule has 1 saturated heterocycles. The minimum absolute atomic E-state index is 0.124. The summed E-state index contributed by atoms with van der Waals surface area (Å²) in [6.45, 7) is 2.89. The highest BCUT2D eigenvalue weighted by atomic mass is 16.4. The lowest BCUT2D eigenvalue weighted by molar-refractivity contribution is -0.137. The molecule has 1 aliphatic heterocycles. The Hall–Kier alpha value is -1.52. The summed E-state index contributed by atoms with van der Waals surface area (Å²) >= 11 is 0. The molecule has 5 heteroatoms. The molecular formula is C10H15N3O2. The van der Waals surface area contributed by atoms with Crippen LogP contribution in [0.2, 0.25) is 0 Å². The molecule has 0 bridgehead atoms. The van der Waals surface area contributed by atoms with Gasteiger partial charge in [-0.1, -0.05) is 0 Å². The standard InChI is InChI=1S/C10H15N3O2/c1-7-9(6-11-12-7)13-4-2-3-8(13)5-10(14)15/h6,8H,2-5H2,1H3,(H,11,12)(H,14,15). The van der Waals surface area contributed by atoms with Gasteiger partial charge in [-0.2, -0.15) is 5.10 Å². The Morgan fingerprint density at radius 3 is 3.20 bits per heavy atom. The van der Waals surface area contributed by atoms with Crippen molar-refractivity contribution in [3.63, 3.8) is 0 Å². The summed E-state index contributed by atoms with van der Waals surface area (Å²) in [5.41, 5.74) is 2.05. The topological polar surface area (TPSA) is 69.2 Å². The van der Waals surface area contributed by atoms with E-state index >= 15 is 0 Å². The van der Waals surface area contributed by atoms with Crippen LogP contribution < -0.4 is 4.90 Å². The molecule has 2 heterocycles. The molecular weight excluding hydrogens is 194 g/mol. The number of carbonyl (C=O) groups is 1. The first-order valence-electron chi connectivity index (χ1n) is 5.17. The zero-order valence-corrected chi connectivity index (χ0v) is 8.73. The average molecular weight is 209 g/mol. The van der Waals surface area contributed by atoms with E-state index in [9.17, 15) is 4.79 Å². The van der Waals surface area contributed by atoms with Crippen LogP contribution in [-0.2, 0) is 4.79 Å². The third kappa shape index (κ3) is 1.95. The van der Waals surface area contributed by atoms with Crippen LogP contribution >= 0.6 is 0 Å². The number of carboxylic acid groups (broad SMARTS) is 1. The number of nitrogens with zero attached hydrogens (tertiary/aromatic N) is 2. The van der Waals surface area contributed by atoms with Crippen molar-refractivity contribution in [2.45, 2.75) is 32.2 Å². The third-order valence-electron chi connectivity index (χ3n) is 2.90. The molecule has 1 aliphatic rings. The van der Waals surface area contributed by atoms with E-state index in [0.717, 1.165) is 30.8 Å². The number of nitrogens with one attached hydrogen (secondary N) is 1. The number of hydrogen-bond donors (Lipinski definition) is 2. The molecule has 0 saturated carbocycles. The summed E-state index contributed by atoms with van der Waals surface area (Å²) in [5.74, 6) is -0.729. The van der Waals surface area contributed by atoms with Crippen LogP contribution in [0.3, 0.4) is 0 Å². The second-order valence-corrected chi connectivity index (χ2v) is 3.97. The Labute approximate surface area is 88.1 Å². The van der Waals surface area contributed by atoms with Crippen molar-refractivity contribution in [2.75, 3.05) is 11.4 Å². The first kappa shape index (κ1) is 10.0.